The summed E-state index contributed by atoms with van der Waals surface area (Å²) in [6, 6.07) is 14.0. The van der Waals surface area contributed by atoms with E-state index in [2.05, 4.69) is 5.43 Å². The van der Waals surface area contributed by atoms with E-state index in [1.807, 2.05) is 53.2 Å². The molecule has 0 spiro atoms. The number of nitrogens with zero attached hydrogens (tertiary/aromatic N) is 3. The van der Waals surface area contributed by atoms with Gasteiger partial charge in [-0.25, -0.2) is 9.97 Å². The van der Waals surface area contributed by atoms with Crippen LogP contribution in [0.5, 0.6) is 0 Å². The lowest BCUT2D eigenvalue weighted by Crippen LogP contribution is -2.36. The zero-order valence-electron chi connectivity index (χ0n) is 16.4. The molecule has 2 amide bonds. The lowest BCUT2D eigenvalue weighted by atomic mass is 10.1. The van der Waals surface area contributed by atoms with Gasteiger partial charge in [0.2, 0.25) is 0 Å². The zero-order valence-corrected chi connectivity index (χ0v) is 18.8. The highest BCUT2D eigenvalue weighted by Crippen LogP contribution is 2.39. The summed E-state index contributed by atoms with van der Waals surface area (Å²) in [5.41, 5.74) is 5.44. The molecule has 0 saturated heterocycles. The summed E-state index contributed by atoms with van der Waals surface area (Å²) in [5, 5.41) is 5.88. The van der Waals surface area contributed by atoms with Gasteiger partial charge < -0.3 is 0 Å². The second-order valence-electron chi connectivity index (χ2n) is 6.88. The third kappa shape index (κ3) is 3.97. The summed E-state index contributed by atoms with van der Waals surface area (Å²) in [7, 11) is 0. The van der Waals surface area contributed by atoms with E-state index in [0.29, 0.717) is 23.6 Å². The Morgan fingerprint density at radius 1 is 1.03 bits per heavy atom. The first-order chi connectivity index (χ1) is 14.6. The van der Waals surface area contributed by atoms with Crippen molar-refractivity contribution < 1.29 is 9.59 Å². The molecule has 1 aliphatic rings. The van der Waals surface area contributed by atoms with Gasteiger partial charge in [0.1, 0.15) is 10.7 Å². The molecule has 6 nitrogen and oxygen atoms in total. The van der Waals surface area contributed by atoms with E-state index in [1.54, 1.807) is 18.3 Å². The molecule has 0 fully saturated rings. The Morgan fingerprint density at radius 3 is 2.52 bits per heavy atom. The Kier molecular flexibility index (Phi) is 5.86. The molecule has 1 aromatic carbocycles. The molecule has 4 aromatic rings. The van der Waals surface area contributed by atoms with Gasteiger partial charge in [-0.1, -0.05) is 36.4 Å². The monoisotopic (exact) mass is 468 g/mol. The number of carbonyl (C=O) groups excluding carboxylic acids is 2. The minimum absolute atomic E-state index is 0. The number of hydrogen-bond donors (Lipinski definition) is 1. The fraction of sp³-hybridized carbons (Fsp3) is 0.0909. The summed E-state index contributed by atoms with van der Waals surface area (Å²) < 4.78 is 0. The van der Waals surface area contributed by atoms with Crippen LogP contribution in [0.15, 0.2) is 64.9 Å². The molecule has 1 N–H and O–H groups in total. The zero-order chi connectivity index (χ0) is 20.7. The van der Waals surface area contributed by atoms with Crippen molar-refractivity contribution in [1.29, 1.82) is 0 Å². The highest BCUT2D eigenvalue weighted by atomic mass is 35.5. The second-order valence-corrected chi connectivity index (χ2v) is 8.68. The predicted octanol–water partition coefficient (Wildman–Crippen LogP) is 5.07. The largest absolute Gasteiger partial charge is 0.275 e. The van der Waals surface area contributed by atoms with Gasteiger partial charge in [-0.05, 0) is 23.9 Å². The van der Waals surface area contributed by atoms with Gasteiger partial charge in [0.05, 0.1) is 5.39 Å². The van der Waals surface area contributed by atoms with Crippen molar-refractivity contribution >= 4 is 62.9 Å². The molecular weight excluding hydrogens is 452 g/mol. The molecule has 156 valence electrons. The fourth-order valence-electron chi connectivity index (χ4n) is 3.34. The van der Waals surface area contributed by atoms with Gasteiger partial charge in [-0.15, -0.1) is 35.1 Å². The third-order valence-corrected chi connectivity index (χ3v) is 6.57. The number of halogens is 1. The molecule has 0 bridgehead atoms. The Morgan fingerprint density at radius 2 is 1.84 bits per heavy atom. The number of benzene rings is 1. The Labute approximate surface area is 192 Å². The molecule has 0 atom stereocenters. The van der Waals surface area contributed by atoms with Gasteiger partial charge in [0.15, 0.2) is 5.82 Å². The van der Waals surface area contributed by atoms with Crippen LogP contribution in [0, 0.1) is 0 Å². The number of hydrazine groups is 1. The first kappa shape index (κ1) is 21.2. The van der Waals surface area contributed by atoms with E-state index in [0.717, 1.165) is 31.2 Å². The average Bonchev–Trinajstić information content (AvgIpc) is 3.45. The number of imide groups is 1. The van der Waals surface area contributed by atoms with Gasteiger partial charge in [-0.2, -0.15) is 5.01 Å². The number of thiophene rings is 2. The number of carbonyl (C=O) groups is 2. The van der Waals surface area contributed by atoms with E-state index in [-0.39, 0.29) is 18.3 Å². The van der Waals surface area contributed by atoms with Crippen LogP contribution in [0.1, 0.15) is 18.3 Å². The molecule has 4 heterocycles. The lowest BCUT2D eigenvalue weighted by molar-refractivity contribution is -0.135. The Bertz CT molecular complexity index is 1300. The summed E-state index contributed by atoms with van der Waals surface area (Å²) in [6.45, 7) is 1.62. The highest BCUT2D eigenvalue weighted by molar-refractivity contribution is 7.18. The first-order valence-electron chi connectivity index (χ1n) is 9.29. The number of nitrogens with one attached hydrogen (secondary N) is 1. The fourth-order valence-corrected chi connectivity index (χ4v) is 5.12. The van der Waals surface area contributed by atoms with E-state index in [9.17, 15) is 9.59 Å². The van der Waals surface area contributed by atoms with Gasteiger partial charge in [0.25, 0.3) is 11.8 Å². The van der Waals surface area contributed by atoms with Crippen molar-refractivity contribution in [3.63, 3.8) is 0 Å². The van der Waals surface area contributed by atoms with Crippen LogP contribution in [-0.2, 0) is 16.0 Å². The standard InChI is InChI=1S/C22H16N4O2S2.ClH/c1-13-10-18(27)26(22(13)28)25-20-19-15(16-8-5-9-29-16)12-30-21(19)24-17(23-20)11-14-6-3-2-4-7-14;/h2-10,12H,11H2,1H3,(H,23,24,25);1H. The predicted molar refractivity (Wildman–Crippen MR) is 126 cm³/mol. The van der Waals surface area contributed by atoms with Gasteiger partial charge in [-0.3, -0.25) is 15.0 Å². The van der Waals surface area contributed by atoms with E-state index in [4.69, 9.17) is 9.97 Å². The van der Waals surface area contributed by atoms with Crippen LogP contribution < -0.4 is 5.43 Å². The SMILES string of the molecule is CC1=CC(=O)N(Nc2nc(Cc3ccccc3)nc3scc(-c4cccs4)c23)C1=O.Cl. The van der Waals surface area contributed by atoms with Crippen LogP contribution in [0.2, 0.25) is 0 Å². The average molecular weight is 469 g/mol. The molecule has 0 unspecified atom stereocenters. The molecule has 0 aliphatic carbocycles. The minimum atomic E-state index is -0.401. The van der Waals surface area contributed by atoms with E-state index in [1.165, 1.54) is 17.4 Å². The Hall–Kier alpha value is -3.07. The van der Waals surface area contributed by atoms with Crippen LogP contribution in [0.25, 0.3) is 20.7 Å². The van der Waals surface area contributed by atoms with Crippen LogP contribution in [0.3, 0.4) is 0 Å². The van der Waals surface area contributed by atoms with Crippen LogP contribution >= 0.6 is 35.1 Å². The number of aromatic nitrogens is 2. The quantitative estimate of drug-likeness (QED) is 0.413. The first-order valence-corrected chi connectivity index (χ1v) is 11.1. The summed E-state index contributed by atoms with van der Waals surface area (Å²) >= 11 is 3.15. The smallest absolute Gasteiger partial charge is 0.271 e. The van der Waals surface area contributed by atoms with Gasteiger partial charge >= 0.3 is 0 Å². The van der Waals surface area contributed by atoms with Crippen molar-refractivity contribution in [2.75, 3.05) is 5.43 Å². The molecule has 1 aliphatic heterocycles. The molecule has 0 saturated carbocycles. The molecule has 31 heavy (non-hydrogen) atoms. The van der Waals surface area contributed by atoms with Crippen molar-refractivity contribution in [3.8, 4) is 10.4 Å². The van der Waals surface area contributed by atoms with Crippen molar-refractivity contribution in [1.82, 2.24) is 15.0 Å². The summed E-state index contributed by atoms with van der Waals surface area (Å²) in [5.74, 6) is 0.311. The molecular formula is C22H17ClN4O2S2. The maximum absolute atomic E-state index is 12.4. The van der Waals surface area contributed by atoms with Crippen molar-refractivity contribution in [2.45, 2.75) is 13.3 Å². The van der Waals surface area contributed by atoms with Crippen molar-refractivity contribution in [3.05, 3.63) is 76.3 Å². The summed E-state index contributed by atoms with van der Waals surface area (Å²) in [4.78, 5) is 36.1. The molecule has 0 radical (unpaired) electrons. The number of anilines is 1. The maximum Gasteiger partial charge on any atom is 0.275 e. The number of fused-ring (bicyclic) bond motifs is 1. The number of amides is 2. The third-order valence-electron chi connectivity index (χ3n) is 4.79. The molecule has 3 aromatic heterocycles. The topological polar surface area (TPSA) is 75.2 Å². The maximum atomic E-state index is 12.4. The Balaban J connectivity index is 0.00000231. The lowest BCUT2D eigenvalue weighted by Gasteiger charge is -2.18. The van der Waals surface area contributed by atoms with Gasteiger partial charge in [0, 0.05) is 33.9 Å². The highest BCUT2D eigenvalue weighted by Gasteiger charge is 2.30. The number of hydrogen-bond acceptors (Lipinski definition) is 7. The van der Waals surface area contributed by atoms with Crippen molar-refractivity contribution in [2.24, 2.45) is 0 Å². The summed E-state index contributed by atoms with van der Waals surface area (Å²) in [6.07, 6.45) is 1.88. The van der Waals surface area contributed by atoms with E-state index >= 15 is 0 Å². The normalized spacial score (nSPS) is 13.5. The minimum Gasteiger partial charge on any atom is -0.271 e. The second kappa shape index (κ2) is 8.58. The molecule has 5 rings (SSSR count). The number of rotatable bonds is 5. The van der Waals surface area contributed by atoms with Crippen LogP contribution in [0.4, 0.5) is 5.82 Å². The van der Waals surface area contributed by atoms with E-state index < -0.39 is 5.91 Å². The molecule has 9 heteroatoms. The van der Waals surface area contributed by atoms with Crippen LogP contribution in [-0.4, -0.2) is 26.8 Å².